The minimum Gasteiger partial charge on any atom is -0.460 e. The molecule has 0 bridgehead atoms. The maximum Gasteiger partial charge on any atom is 0.312 e. The van der Waals surface area contributed by atoms with Crippen LogP contribution in [0, 0.1) is 5.41 Å². The van der Waals surface area contributed by atoms with Gasteiger partial charge >= 0.3 is 5.97 Å². The summed E-state index contributed by atoms with van der Waals surface area (Å²) in [6, 6.07) is 0. The van der Waals surface area contributed by atoms with Crippen molar-refractivity contribution in [1.29, 1.82) is 0 Å². The normalized spacial score (nSPS) is 22.8. The van der Waals surface area contributed by atoms with Gasteiger partial charge < -0.3 is 18.7 Å². The van der Waals surface area contributed by atoms with E-state index in [-0.39, 0.29) is 23.4 Å². The maximum atomic E-state index is 12.5. The molecule has 1 spiro atoms. The quantitative estimate of drug-likeness (QED) is 0.783. The number of rotatable bonds is 4. The van der Waals surface area contributed by atoms with Gasteiger partial charge in [-0.3, -0.25) is 4.79 Å². The van der Waals surface area contributed by atoms with Gasteiger partial charge in [0, 0.05) is 37.8 Å². The molecule has 1 unspecified atom stereocenters. The Hall–Kier alpha value is -2.38. The molecule has 2 aromatic rings. The third-order valence-electron chi connectivity index (χ3n) is 5.23. The molecule has 8 heteroatoms. The molecule has 2 aliphatic rings. The summed E-state index contributed by atoms with van der Waals surface area (Å²) in [4.78, 5) is 23.1. The molecule has 0 aromatic carbocycles. The van der Waals surface area contributed by atoms with Gasteiger partial charge in [-0.05, 0) is 18.0 Å². The van der Waals surface area contributed by atoms with Crippen LogP contribution < -0.4 is 4.90 Å². The Morgan fingerprint density at radius 2 is 2.16 bits per heavy atom. The second-order valence-electron chi connectivity index (χ2n) is 7.35. The van der Waals surface area contributed by atoms with Gasteiger partial charge in [-0.1, -0.05) is 13.8 Å². The number of nitrogens with zero attached hydrogens (tertiary/aromatic N) is 5. The zero-order valence-electron chi connectivity index (χ0n) is 14.6. The molecular formula is C17H23N5O3. The van der Waals surface area contributed by atoms with Crippen LogP contribution >= 0.6 is 0 Å². The smallest absolute Gasteiger partial charge is 0.312 e. The van der Waals surface area contributed by atoms with Crippen LogP contribution in [0.2, 0.25) is 0 Å². The second-order valence-corrected chi connectivity index (χ2v) is 7.35. The van der Waals surface area contributed by atoms with Gasteiger partial charge in [-0.25, -0.2) is 4.98 Å². The number of carbonyl (C=O) groups is 1. The van der Waals surface area contributed by atoms with Gasteiger partial charge in [0.25, 0.3) is 5.95 Å². The monoisotopic (exact) mass is 345 g/mol. The summed E-state index contributed by atoms with van der Waals surface area (Å²) in [6.45, 7) is 6.20. The lowest BCUT2D eigenvalue weighted by molar-refractivity contribution is -0.150. The molecule has 2 aromatic heterocycles. The van der Waals surface area contributed by atoms with Crippen molar-refractivity contribution in [1.82, 2.24) is 19.7 Å². The van der Waals surface area contributed by atoms with E-state index in [1.165, 1.54) is 0 Å². The van der Waals surface area contributed by atoms with E-state index in [0.29, 0.717) is 18.4 Å². The number of imidazole rings is 1. The first-order valence-electron chi connectivity index (χ1n) is 8.81. The zero-order valence-corrected chi connectivity index (χ0v) is 14.6. The van der Waals surface area contributed by atoms with Crippen LogP contribution in [0.4, 0.5) is 5.95 Å². The Morgan fingerprint density at radius 1 is 1.36 bits per heavy atom. The van der Waals surface area contributed by atoms with Gasteiger partial charge in [0.05, 0.1) is 18.3 Å². The summed E-state index contributed by atoms with van der Waals surface area (Å²) in [5.74, 6) is 1.43. The standard InChI is InChI=1S/C17H23N5O3/c1-12(2)14-19-16(20-25-14)22-6-3-17(4-7-22)9-13(24-15(17)23)10-21-8-5-18-11-21/h5,8,11-13H,3-4,6-7,9-10H2,1-2H3. The average molecular weight is 345 g/mol. The van der Waals surface area contributed by atoms with E-state index in [0.717, 1.165) is 32.4 Å². The fraction of sp³-hybridized carbons (Fsp3) is 0.647. The molecule has 1 atom stereocenters. The molecule has 0 saturated carbocycles. The van der Waals surface area contributed by atoms with Crippen LogP contribution in [0.15, 0.2) is 23.2 Å². The fourth-order valence-corrected chi connectivity index (χ4v) is 3.70. The summed E-state index contributed by atoms with van der Waals surface area (Å²) in [7, 11) is 0. The first kappa shape index (κ1) is 16.1. The molecule has 0 N–H and O–H groups in total. The molecule has 4 heterocycles. The molecule has 8 nitrogen and oxygen atoms in total. The molecule has 25 heavy (non-hydrogen) atoms. The van der Waals surface area contributed by atoms with Crippen LogP contribution in [-0.4, -0.2) is 44.9 Å². The Labute approximate surface area is 146 Å². The van der Waals surface area contributed by atoms with Crippen molar-refractivity contribution in [2.75, 3.05) is 18.0 Å². The summed E-state index contributed by atoms with van der Waals surface area (Å²) < 4.78 is 12.9. The Kier molecular flexibility index (Phi) is 3.97. The highest BCUT2D eigenvalue weighted by Gasteiger charge is 2.50. The van der Waals surface area contributed by atoms with E-state index in [4.69, 9.17) is 9.26 Å². The summed E-state index contributed by atoms with van der Waals surface area (Å²) in [6.07, 6.45) is 7.60. The molecule has 2 aliphatic heterocycles. The predicted molar refractivity (Wildman–Crippen MR) is 89.0 cm³/mol. The van der Waals surface area contributed by atoms with E-state index in [2.05, 4.69) is 20.0 Å². The van der Waals surface area contributed by atoms with E-state index in [1.807, 2.05) is 24.6 Å². The maximum absolute atomic E-state index is 12.5. The zero-order chi connectivity index (χ0) is 17.4. The molecular weight excluding hydrogens is 322 g/mol. The minimum absolute atomic E-state index is 0.0618. The number of anilines is 1. The van der Waals surface area contributed by atoms with Crippen molar-refractivity contribution in [3.63, 3.8) is 0 Å². The highest BCUT2D eigenvalue weighted by atomic mass is 16.6. The molecule has 0 aliphatic carbocycles. The molecule has 4 rings (SSSR count). The SMILES string of the molecule is CC(C)c1nc(N2CCC3(CC2)CC(Cn2ccnc2)OC3=O)no1. The molecule has 134 valence electrons. The van der Waals surface area contributed by atoms with Gasteiger partial charge in [0.15, 0.2) is 0 Å². The third-order valence-corrected chi connectivity index (χ3v) is 5.23. The van der Waals surface area contributed by atoms with Crippen molar-refractivity contribution >= 4 is 11.9 Å². The topological polar surface area (TPSA) is 86.3 Å². The molecule has 2 fully saturated rings. The first-order valence-corrected chi connectivity index (χ1v) is 8.81. The first-order chi connectivity index (χ1) is 12.1. The number of piperidine rings is 1. The van der Waals surface area contributed by atoms with E-state index >= 15 is 0 Å². The molecule has 0 amide bonds. The highest BCUT2D eigenvalue weighted by Crippen LogP contribution is 2.43. The Bertz CT molecular complexity index is 731. The Morgan fingerprint density at radius 3 is 2.80 bits per heavy atom. The van der Waals surface area contributed by atoms with Crippen molar-refractivity contribution in [2.45, 2.75) is 51.7 Å². The number of cyclic esters (lactones) is 1. The summed E-state index contributed by atoms with van der Waals surface area (Å²) in [5, 5.41) is 4.07. The van der Waals surface area contributed by atoms with Gasteiger partial charge in [0.2, 0.25) is 5.89 Å². The number of ether oxygens (including phenoxy) is 1. The minimum atomic E-state index is -0.369. The van der Waals surface area contributed by atoms with Gasteiger partial charge in [0.1, 0.15) is 6.10 Å². The summed E-state index contributed by atoms with van der Waals surface area (Å²) >= 11 is 0. The van der Waals surface area contributed by atoms with Crippen molar-refractivity contribution in [3.05, 3.63) is 24.6 Å². The predicted octanol–water partition coefficient (Wildman–Crippen LogP) is 1.99. The van der Waals surface area contributed by atoms with Crippen LogP contribution in [0.5, 0.6) is 0 Å². The lowest BCUT2D eigenvalue weighted by Crippen LogP contribution is -2.43. The van der Waals surface area contributed by atoms with E-state index in [9.17, 15) is 4.79 Å². The van der Waals surface area contributed by atoms with E-state index < -0.39 is 0 Å². The number of hydrogen-bond acceptors (Lipinski definition) is 7. The van der Waals surface area contributed by atoms with Crippen LogP contribution in [0.25, 0.3) is 0 Å². The lowest BCUT2D eigenvalue weighted by atomic mass is 9.76. The van der Waals surface area contributed by atoms with Gasteiger partial charge in [-0.15, -0.1) is 0 Å². The molecule has 0 radical (unpaired) electrons. The number of hydrogen-bond donors (Lipinski definition) is 0. The van der Waals surface area contributed by atoms with Crippen molar-refractivity contribution < 1.29 is 14.1 Å². The number of esters is 1. The van der Waals surface area contributed by atoms with Crippen molar-refractivity contribution in [3.8, 4) is 0 Å². The Balaban J connectivity index is 1.39. The second kappa shape index (κ2) is 6.16. The fourth-order valence-electron chi connectivity index (χ4n) is 3.70. The van der Waals surface area contributed by atoms with Crippen LogP contribution in [0.1, 0.15) is 44.9 Å². The third kappa shape index (κ3) is 3.01. The lowest BCUT2D eigenvalue weighted by Gasteiger charge is -2.35. The summed E-state index contributed by atoms with van der Waals surface area (Å²) in [5.41, 5.74) is -0.369. The van der Waals surface area contributed by atoms with Gasteiger partial charge in [-0.2, -0.15) is 4.98 Å². The van der Waals surface area contributed by atoms with Crippen LogP contribution in [-0.2, 0) is 16.1 Å². The van der Waals surface area contributed by atoms with Crippen molar-refractivity contribution in [2.24, 2.45) is 5.41 Å². The number of aromatic nitrogens is 4. The number of carbonyl (C=O) groups excluding carboxylic acids is 1. The largest absolute Gasteiger partial charge is 0.460 e. The molecule has 2 saturated heterocycles. The van der Waals surface area contributed by atoms with Crippen LogP contribution in [0.3, 0.4) is 0 Å². The highest BCUT2D eigenvalue weighted by molar-refractivity contribution is 5.79. The van der Waals surface area contributed by atoms with E-state index in [1.54, 1.807) is 12.5 Å². The average Bonchev–Trinajstić information content (AvgIpc) is 3.31.